The van der Waals surface area contributed by atoms with E-state index in [1.54, 1.807) is 0 Å². The molecule has 0 aliphatic carbocycles. The van der Waals surface area contributed by atoms with Gasteiger partial charge in [0.05, 0.1) is 15.7 Å². The number of anilines is 1. The summed E-state index contributed by atoms with van der Waals surface area (Å²) in [6.07, 6.45) is -5.94. The van der Waals surface area contributed by atoms with Crippen LogP contribution in [0.3, 0.4) is 0 Å². The summed E-state index contributed by atoms with van der Waals surface area (Å²) in [5.74, 6) is -60.2. The molecule has 1 aromatic carbocycles. The standard InChI is InChI=1S/C15H5Cl2F16NO/c16-4-2-1-3-5(6(4)17)34-8(35)10(22,23)12(26,27)14(30,31)15(32,33)13(28,29)11(24,25)9(20,21)7(18)19/h1-3,7H,(H,34,35). The quantitative estimate of drug-likeness (QED) is 0.295. The summed E-state index contributed by atoms with van der Waals surface area (Å²) >= 11 is 10.8. The fraction of sp³-hybridized carbons (Fsp3) is 0.533. The van der Waals surface area contributed by atoms with Crippen LogP contribution in [0.2, 0.25) is 10.0 Å². The van der Waals surface area contributed by atoms with Crippen LogP contribution in [0, 0.1) is 0 Å². The highest BCUT2D eigenvalue weighted by Crippen LogP contribution is 2.62. The number of hydrogen-bond acceptors (Lipinski definition) is 1. The average Bonchev–Trinajstić information content (AvgIpc) is 2.70. The van der Waals surface area contributed by atoms with E-state index in [0.717, 1.165) is 12.1 Å². The molecule has 1 amide bonds. The highest BCUT2D eigenvalue weighted by molar-refractivity contribution is 6.44. The number of alkyl halides is 16. The van der Waals surface area contributed by atoms with Gasteiger partial charge in [-0.3, -0.25) is 4.79 Å². The van der Waals surface area contributed by atoms with Crippen molar-refractivity contribution in [1.29, 1.82) is 0 Å². The third kappa shape index (κ3) is 4.33. The molecule has 0 heterocycles. The molecule has 0 aliphatic heterocycles. The van der Waals surface area contributed by atoms with Gasteiger partial charge in [0, 0.05) is 0 Å². The van der Waals surface area contributed by atoms with Crippen molar-refractivity contribution in [3.63, 3.8) is 0 Å². The molecule has 1 N–H and O–H groups in total. The number of halogens is 18. The van der Waals surface area contributed by atoms with E-state index in [9.17, 15) is 75.0 Å². The smallest absolute Gasteiger partial charge is 0.319 e. The van der Waals surface area contributed by atoms with E-state index in [2.05, 4.69) is 0 Å². The lowest BCUT2D eigenvalue weighted by atomic mass is 9.89. The van der Waals surface area contributed by atoms with E-state index in [1.807, 2.05) is 0 Å². The Bertz CT molecular complexity index is 964. The Morgan fingerprint density at radius 3 is 1.51 bits per heavy atom. The molecule has 202 valence electrons. The maximum Gasteiger partial charge on any atom is 0.393 e. The van der Waals surface area contributed by atoms with Gasteiger partial charge in [0.2, 0.25) is 0 Å². The van der Waals surface area contributed by atoms with Crippen LogP contribution in [0.4, 0.5) is 75.9 Å². The summed E-state index contributed by atoms with van der Waals surface area (Å²) < 4.78 is 212. The second kappa shape index (κ2) is 8.92. The van der Waals surface area contributed by atoms with Gasteiger partial charge in [0.15, 0.2) is 0 Å². The fourth-order valence-electron chi connectivity index (χ4n) is 2.08. The van der Waals surface area contributed by atoms with Crippen LogP contribution in [-0.4, -0.2) is 53.8 Å². The largest absolute Gasteiger partial charge is 0.393 e. The zero-order valence-corrected chi connectivity index (χ0v) is 17.0. The Kier molecular flexibility index (Phi) is 7.94. The minimum Gasteiger partial charge on any atom is -0.319 e. The number of carbonyl (C=O) groups is 1. The summed E-state index contributed by atoms with van der Waals surface area (Å²) in [5, 5.41) is -0.792. The Morgan fingerprint density at radius 1 is 0.686 bits per heavy atom. The predicted molar refractivity (Wildman–Crippen MR) is 85.7 cm³/mol. The lowest BCUT2D eigenvalue weighted by Crippen LogP contribution is -2.74. The number of benzene rings is 1. The van der Waals surface area contributed by atoms with Gasteiger partial charge in [0.1, 0.15) is 0 Å². The van der Waals surface area contributed by atoms with E-state index in [1.165, 1.54) is 0 Å². The van der Waals surface area contributed by atoms with Gasteiger partial charge in [-0.15, -0.1) is 0 Å². The van der Waals surface area contributed by atoms with Crippen LogP contribution < -0.4 is 5.32 Å². The van der Waals surface area contributed by atoms with Crippen molar-refractivity contribution in [2.75, 3.05) is 5.32 Å². The first-order chi connectivity index (χ1) is 15.3. The molecule has 0 atom stereocenters. The molecule has 0 spiro atoms. The number of rotatable bonds is 9. The van der Waals surface area contributed by atoms with Crippen molar-refractivity contribution in [2.24, 2.45) is 0 Å². The molecule has 0 aliphatic rings. The predicted octanol–water partition coefficient (Wildman–Crippen LogP) is 7.64. The molecule has 20 heteroatoms. The SMILES string of the molecule is O=C(Nc1cccc(Cl)c1Cl)C(F)(F)C(F)(F)C(F)(F)C(F)(F)C(F)(F)C(F)(F)C(F)(F)C(F)F. The first kappa shape index (κ1) is 31.2. The van der Waals surface area contributed by atoms with Gasteiger partial charge >= 0.3 is 53.8 Å². The molecule has 35 heavy (non-hydrogen) atoms. The molecule has 0 unspecified atom stereocenters. The van der Waals surface area contributed by atoms with Crippen molar-refractivity contribution in [2.45, 2.75) is 47.9 Å². The summed E-state index contributed by atoms with van der Waals surface area (Å²) in [6, 6.07) is 2.20. The molecule has 0 bridgehead atoms. The van der Waals surface area contributed by atoms with Gasteiger partial charge in [0.25, 0.3) is 0 Å². The van der Waals surface area contributed by atoms with E-state index >= 15 is 0 Å². The van der Waals surface area contributed by atoms with Crippen LogP contribution in [-0.2, 0) is 4.79 Å². The van der Waals surface area contributed by atoms with Crippen molar-refractivity contribution in [1.82, 2.24) is 0 Å². The van der Waals surface area contributed by atoms with Crippen molar-refractivity contribution < 1.29 is 75.0 Å². The first-order valence-corrected chi connectivity index (χ1v) is 8.70. The maximum atomic E-state index is 13.8. The fourth-order valence-corrected chi connectivity index (χ4v) is 2.43. The molecule has 1 aromatic rings. The van der Waals surface area contributed by atoms with Crippen LogP contribution in [0.1, 0.15) is 0 Å². The van der Waals surface area contributed by atoms with Crippen LogP contribution in [0.15, 0.2) is 18.2 Å². The Hall–Kier alpha value is -1.85. The van der Waals surface area contributed by atoms with E-state index in [4.69, 9.17) is 23.2 Å². The molecule has 0 saturated carbocycles. The third-order valence-corrected chi connectivity index (χ3v) is 4.97. The first-order valence-electron chi connectivity index (χ1n) is 7.95. The van der Waals surface area contributed by atoms with E-state index < -0.39 is 69.5 Å². The van der Waals surface area contributed by atoms with Crippen molar-refractivity contribution >= 4 is 34.8 Å². The maximum absolute atomic E-state index is 13.8. The number of hydrogen-bond donors (Lipinski definition) is 1. The topological polar surface area (TPSA) is 29.1 Å². The summed E-state index contributed by atoms with van der Waals surface area (Å²) in [6.45, 7) is 0. The van der Waals surface area contributed by atoms with Crippen LogP contribution >= 0.6 is 23.2 Å². The molecule has 0 radical (unpaired) electrons. The second-order valence-corrected chi connectivity index (χ2v) is 7.21. The van der Waals surface area contributed by atoms with E-state index in [-0.39, 0.29) is 0 Å². The molecule has 0 fully saturated rings. The van der Waals surface area contributed by atoms with Crippen LogP contribution in [0.25, 0.3) is 0 Å². The Balaban J connectivity index is 3.58. The van der Waals surface area contributed by atoms with Gasteiger partial charge in [-0.25, -0.2) is 8.78 Å². The molecule has 0 aromatic heterocycles. The number of amides is 1. The van der Waals surface area contributed by atoms with Gasteiger partial charge in [-0.1, -0.05) is 29.3 Å². The average molecular weight is 590 g/mol. The minimum atomic E-state index is -8.59. The molecule has 1 rings (SSSR count). The second-order valence-electron chi connectivity index (χ2n) is 6.43. The normalized spacial score (nSPS) is 14.9. The molecular weight excluding hydrogens is 585 g/mol. The van der Waals surface area contributed by atoms with Gasteiger partial charge in [-0.05, 0) is 12.1 Å². The lowest BCUT2D eigenvalue weighted by molar-refractivity contribution is -0.443. The highest BCUT2D eigenvalue weighted by atomic mass is 35.5. The van der Waals surface area contributed by atoms with E-state index in [0.29, 0.717) is 11.4 Å². The molecular formula is C15H5Cl2F16NO. The third-order valence-electron chi connectivity index (χ3n) is 4.15. The summed E-state index contributed by atoms with van der Waals surface area (Å²) in [4.78, 5) is 11.4. The van der Waals surface area contributed by atoms with Gasteiger partial charge in [-0.2, -0.15) is 61.5 Å². The molecule has 0 saturated heterocycles. The van der Waals surface area contributed by atoms with Gasteiger partial charge < -0.3 is 5.32 Å². The number of nitrogens with one attached hydrogen (secondary N) is 1. The van der Waals surface area contributed by atoms with Crippen molar-refractivity contribution in [3.05, 3.63) is 28.2 Å². The van der Waals surface area contributed by atoms with Crippen molar-refractivity contribution in [3.8, 4) is 0 Å². The summed E-state index contributed by atoms with van der Waals surface area (Å²) in [5.41, 5.74) is -1.15. The minimum absolute atomic E-state index is 0.508. The Labute approximate surface area is 192 Å². The van der Waals surface area contributed by atoms with Crippen LogP contribution in [0.5, 0.6) is 0 Å². The highest BCUT2D eigenvalue weighted by Gasteiger charge is 2.94. The Morgan fingerprint density at radius 2 is 1.09 bits per heavy atom. The number of carbonyl (C=O) groups excluding carboxylic acids is 1. The summed E-state index contributed by atoms with van der Waals surface area (Å²) in [7, 11) is 0. The lowest BCUT2D eigenvalue weighted by Gasteiger charge is -2.42. The zero-order valence-electron chi connectivity index (χ0n) is 15.5. The monoisotopic (exact) mass is 589 g/mol. The molecule has 2 nitrogen and oxygen atoms in total. The zero-order chi connectivity index (χ0) is 28.2.